The summed E-state index contributed by atoms with van der Waals surface area (Å²) in [4.78, 5) is 33.2. The number of aromatic nitrogens is 2. The Hall–Kier alpha value is -2.45. The zero-order valence-electron chi connectivity index (χ0n) is 12.7. The van der Waals surface area contributed by atoms with Crippen molar-refractivity contribution in [2.24, 2.45) is 5.73 Å². The van der Waals surface area contributed by atoms with E-state index in [0.717, 1.165) is 20.7 Å². The normalized spacial score (nSPS) is 12.0. The van der Waals surface area contributed by atoms with E-state index >= 15 is 0 Å². The maximum absolute atomic E-state index is 11.8. The van der Waals surface area contributed by atoms with Crippen molar-refractivity contribution in [1.29, 1.82) is 0 Å². The first kappa shape index (κ1) is 16.4. The van der Waals surface area contributed by atoms with Gasteiger partial charge in [0.2, 0.25) is 5.91 Å². The first-order valence-electron chi connectivity index (χ1n) is 7.11. The predicted octanol–water partition coefficient (Wildman–Crippen LogP) is 3.03. The average molecular weight is 358 g/mol. The van der Waals surface area contributed by atoms with Crippen LogP contribution in [0, 0.1) is 0 Å². The summed E-state index contributed by atoms with van der Waals surface area (Å²) in [6, 6.07) is 11.2. The molecule has 0 radical (unpaired) electrons. The molecule has 2 heterocycles. The lowest BCUT2D eigenvalue weighted by Crippen LogP contribution is -2.39. The fraction of sp³-hybridized carbons (Fsp3) is 0.125. The molecule has 3 rings (SSSR count). The Labute approximate surface area is 146 Å². The van der Waals surface area contributed by atoms with E-state index in [1.54, 1.807) is 18.3 Å². The van der Waals surface area contributed by atoms with E-state index in [0.29, 0.717) is 5.03 Å². The molecule has 0 aliphatic heterocycles. The number of primary amides is 1. The van der Waals surface area contributed by atoms with E-state index in [-0.39, 0.29) is 0 Å². The number of hydrogen-bond donors (Lipinski definition) is 2. The second-order valence-electron chi connectivity index (χ2n) is 4.99. The number of carbonyl (C=O) groups is 2. The van der Waals surface area contributed by atoms with Gasteiger partial charge in [-0.3, -0.25) is 10.1 Å². The molecular formula is C16H14N4O2S2. The summed E-state index contributed by atoms with van der Waals surface area (Å²) in [5.74, 6) is -0.447. The van der Waals surface area contributed by atoms with Crippen LogP contribution in [0.15, 0.2) is 47.8 Å². The molecule has 3 N–H and O–H groups in total. The van der Waals surface area contributed by atoms with Crippen LogP contribution in [0.25, 0.3) is 20.7 Å². The van der Waals surface area contributed by atoms with Crippen molar-refractivity contribution in [3.8, 4) is 10.4 Å². The van der Waals surface area contributed by atoms with Gasteiger partial charge >= 0.3 is 6.03 Å². The maximum Gasteiger partial charge on any atom is 0.318 e. The molecule has 24 heavy (non-hydrogen) atoms. The third kappa shape index (κ3) is 3.55. The molecule has 0 fully saturated rings. The Kier molecular flexibility index (Phi) is 4.77. The van der Waals surface area contributed by atoms with Gasteiger partial charge in [-0.25, -0.2) is 14.8 Å². The third-order valence-electron chi connectivity index (χ3n) is 3.26. The number of carbonyl (C=O) groups excluding carboxylic acids is 2. The van der Waals surface area contributed by atoms with Crippen LogP contribution in [0.2, 0.25) is 0 Å². The van der Waals surface area contributed by atoms with Gasteiger partial charge < -0.3 is 5.73 Å². The van der Waals surface area contributed by atoms with Gasteiger partial charge in [-0.2, -0.15) is 0 Å². The van der Waals surface area contributed by atoms with Crippen molar-refractivity contribution < 1.29 is 9.59 Å². The van der Waals surface area contributed by atoms with Gasteiger partial charge in [-0.05, 0) is 18.6 Å². The molecule has 0 saturated carbocycles. The van der Waals surface area contributed by atoms with Crippen molar-refractivity contribution in [2.45, 2.75) is 17.2 Å². The monoisotopic (exact) mass is 358 g/mol. The Morgan fingerprint density at radius 2 is 2.00 bits per heavy atom. The minimum Gasteiger partial charge on any atom is -0.351 e. The lowest BCUT2D eigenvalue weighted by molar-refractivity contribution is -0.119. The zero-order valence-corrected chi connectivity index (χ0v) is 14.4. The molecule has 122 valence electrons. The van der Waals surface area contributed by atoms with Crippen LogP contribution >= 0.6 is 23.1 Å². The summed E-state index contributed by atoms with van der Waals surface area (Å²) >= 11 is 2.84. The molecule has 2 aromatic heterocycles. The van der Waals surface area contributed by atoms with Crippen LogP contribution in [0.5, 0.6) is 0 Å². The highest BCUT2D eigenvalue weighted by molar-refractivity contribution is 8.00. The molecule has 0 unspecified atom stereocenters. The SMILES string of the molecule is C[C@@H](Sc1ncnc2sc(-c3ccccc3)cc12)C(=O)NC(N)=O. The number of thioether (sulfide) groups is 1. The second kappa shape index (κ2) is 6.98. The highest BCUT2D eigenvalue weighted by Gasteiger charge is 2.19. The quantitative estimate of drug-likeness (QED) is 0.552. The molecule has 3 amide bonds. The number of benzene rings is 1. The maximum atomic E-state index is 11.8. The number of thiophene rings is 1. The zero-order chi connectivity index (χ0) is 17.1. The minimum absolute atomic E-state index is 0.447. The van der Waals surface area contributed by atoms with E-state index in [9.17, 15) is 9.59 Å². The number of nitrogens with two attached hydrogens (primary N) is 1. The lowest BCUT2D eigenvalue weighted by atomic mass is 10.2. The number of nitrogens with zero attached hydrogens (tertiary/aromatic N) is 2. The molecule has 8 heteroatoms. The first-order chi connectivity index (χ1) is 11.5. The Morgan fingerprint density at radius 3 is 2.71 bits per heavy atom. The number of nitrogens with one attached hydrogen (secondary N) is 1. The van der Waals surface area contributed by atoms with Crippen molar-refractivity contribution in [3.63, 3.8) is 0 Å². The van der Waals surface area contributed by atoms with Gasteiger partial charge in [0.25, 0.3) is 0 Å². The van der Waals surface area contributed by atoms with E-state index in [1.165, 1.54) is 18.1 Å². The summed E-state index contributed by atoms with van der Waals surface area (Å²) in [6.45, 7) is 1.70. The number of rotatable bonds is 4. The molecule has 1 aromatic carbocycles. The van der Waals surface area contributed by atoms with Gasteiger partial charge in [-0.15, -0.1) is 11.3 Å². The highest BCUT2D eigenvalue weighted by Crippen LogP contribution is 2.37. The summed E-state index contributed by atoms with van der Waals surface area (Å²) in [5.41, 5.74) is 6.09. The van der Waals surface area contributed by atoms with Crippen molar-refractivity contribution in [3.05, 3.63) is 42.7 Å². The number of urea groups is 1. The largest absolute Gasteiger partial charge is 0.351 e. The molecule has 0 aliphatic carbocycles. The van der Waals surface area contributed by atoms with E-state index in [4.69, 9.17) is 5.73 Å². The number of hydrogen-bond acceptors (Lipinski definition) is 6. The van der Waals surface area contributed by atoms with Crippen molar-refractivity contribution in [2.75, 3.05) is 0 Å². The molecular weight excluding hydrogens is 344 g/mol. The van der Waals surface area contributed by atoms with Crippen molar-refractivity contribution >= 4 is 45.3 Å². The van der Waals surface area contributed by atoms with Gasteiger partial charge in [-0.1, -0.05) is 42.1 Å². The molecule has 0 bridgehead atoms. The molecule has 3 aromatic rings. The highest BCUT2D eigenvalue weighted by atomic mass is 32.2. The van der Waals surface area contributed by atoms with Gasteiger partial charge in [0, 0.05) is 10.3 Å². The van der Waals surface area contributed by atoms with Gasteiger partial charge in [0.15, 0.2) is 0 Å². The van der Waals surface area contributed by atoms with Crippen LogP contribution in [-0.2, 0) is 4.79 Å². The van der Waals surface area contributed by atoms with E-state index in [1.807, 2.05) is 36.4 Å². The fourth-order valence-corrected chi connectivity index (χ4v) is 4.08. The summed E-state index contributed by atoms with van der Waals surface area (Å²) in [6.07, 6.45) is 1.48. The lowest BCUT2D eigenvalue weighted by Gasteiger charge is -2.09. The Bertz CT molecular complexity index is 895. The molecule has 6 nitrogen and oxygen atoms in total. The number of imide groups is 1. The fourth-order valence-electron chi connectivity index (χ4n) is 2.12. The van der Waals surface area contributed by atoms with Crippen molar-refractivity contribution in [1.82, 2.24) is 15.3 Å². The van der Waals surface area contributed by atoms with Crippen LogP contribution in [0.3, 0.4) is 0 Å². The summed E-state index contributed by atoms with van der Waals surface area (Å²) < 4.78 is 0. The Balaban J connectivity index is 1.90. The smallest absolute Gasteiger partial charge is 0.318 e. The van der Waals surface area contributed by atoms with Crippen LogP contribution in [0.1, 0.15) is 6.92 Å². The number of amides is 3. The average Bonchev–Trinajstić information content (AvgIpc) is 3.00. The molecule has 0 saturated heterocycles. The van der Waals surface area contributed by atoms with E-state index in [2.05, 4.69) is 15.3 Å². The summed E-state index contributed by atoms with van der Waals surface area (Å²) in [5, 5.41) is 3.17. The number of fused-ring (bicyclic) bond motifs is 1. The Morgan fingerprint density at radius 1 is 1.25 bits per heavy atom. The van der Waals surface area contributed by atoms with E-state index < -0.39 is 17.2 Å². The van der Waals surface area contributed by atoms with Crippen LogP contribution in [0.4, 0.5) is 4.79 Å². The predicted molar refractivity (Wildman–Crippen MR) is 95.9 cm³/mol. The van der Waals surface area contributed by atoms with Gasteiger partial charge in [0.1, 0.15) is 16.2 Å². The molecule has 1 atom stereocenters. The minimum atomic E-state index is -0.859. The summed E-state index contributed by atoms with van der Waals surface area (Å²) in [7, 11) is 0. The third-order valence-corrected chi connectivity index (χ3v) is 5.46. The first-order valence-corrected chi connectivity index (χ1v) is 8.81. The van der Waals surface area contributed by atoms with Crippen LogP contribution < -0.4 is 11.1 Å². The van der Waals surface area contributed by atoms with Gasteiger partial charge in [0.05, 0.1) is 5.25 Å². The van der Waals surface area contributed by atoms with Crippen LogP contribution in [-0.4, -0.2) is 27.2 Å². The molecule has 0 aliphatic rings. The molecule has 0 spiro atoms. The standard InChI is InChI=1S/C16H14N4O2S2/c1-9(13(21)20-16(17)22)23-14-11-7-12(10-5-3-2-4-6-10)24-15(11)19-8-18-14/h2-9H,1H3,(H3,17,20,21,22)/t9-/m1/s1. The second-order valence-corrected chi connectivity index (χ2v) is 7.35. The topological polar surface area (TPSA) is 98.0 Å².